The quantitative estimate of drug-likeness (QED) is 0.803. The lowest BCUT2D eigenvalue weighted by Crippen LogP contribution is -2.49. The number of halogens is 1. The highest BCUT2D eigenvalue weighted by atomic mass is 35.5. The summed E-state index contributed by atoms with van der Waals surface area (Å²) in [6.07, 6.45) is 1.14. The van der Waals surface area contributed by atoms with Crippen molar-refractivity contribution in [3.05, 3.63) is 28.8 Å². The Bertz CT molecular complexity index is 559. The molecule has 0 amide bonds. The minimum absolute atomic E-state index is 0.467. The molecule has 20 heavy (non-hydrogen) atoms. The van der Waals surface area contributed by atoms with Crippen LogP contribution in [0, 0.1) is 0 Å². The minimum atomic E-state index is -3.24. The van der Waals surface area contributed by atoms with Crippen LogP contribution in [-0.2, 0) is 16.6 Å². The lowest BCUT2D eigenvalue weighted by atomic mass is 10.1. The van der Waals surface area contributed by atoms with Crippen LogP contribution in [0.2, 0.25) is 5.02 Å². The number of hydrogen-bond acceptors (Lipinski definition) is 4. The molecule has 114 valence electrons. The van der Waals surface area contributed by atoms with Gasteiger partial charge in [-0.15, -0.1) is 0 Å². The van der Waals surface area contributed by atoms with E-state index in [1.54, 1.807) is 13.2 Å². The van der Waals surface area contributed by atoms with Crippen LogP contribution in [0.3, 0.4) is 0 Å². The van der Waals surface area contributed by atoms with E-state index >= 15 is 0 Å². The van der Waals surface area contributed by atoms with Crippen LogP contribution in [0.15, 0.2) is 18.2 Å². The lowest BCUT2D eigenvalue weighted by molar-refractivity contribution is 0.398. The molecule has 0 aliphatic rings. The predicted octanol–water partition coefficient (Wildman–Crippen LogP) is 1.77. The van der Waals surface area contributed by atoms with E-state index in [1.165, 1.54) is 0 Å². The van der Waals surface area contributed by atoms with E-state index in [4.69, 9.17) is 16.3 Å². The Hall–Kier alpha value is -0.820. The van der Waals surface area contributed by atoms with E-state index in [0.29, 0.717) is 23.9 Å². The van der Waals surface area contributed by atoms with Crippen molar-refractivity contribution >= 4 is 21.6 Å². The normalized spacial score (nSPS) is 12.4. The van der Waals surface area contributed by atoms with Gasteiger partial charge in [0.15, 0.2) is 0 Å². The molecule has 7 heteroatoms. The molecule has 0 fully saturated rings. The molecule has 0 saturated carbocycles. The molecule has 0 unspecified atom stereocenters. The molecule has 0 saturated heterocycles. The van der Waals surface area contributed by atoms with Crippen LogP contribution < -0.4 is 14.8 Å². The second-order valence-electron chi connectivity index (χ2n) is 5.28. The van der Waals surface area contributed by atoms with Crippen molar-refractivity contribution in [3.63, 3.8) is 0 Å². The van der Waals surface area contributed by atoms with Crippen LogP contribution in [-0.4, -0.2) is 33.9 Å². The van der Waals surface area contributed by atoms with Gasteiger partial charge < -0.3 is 10.1 Å². The molecule has 0 bridgehead atoms. The van der Waals surface area contributed by atoms with Crippen LogP contribution >= 0.6 is 11.6 Å². The summed E-state index contributed by atoms with van der Waals surface area (Å²) < 4.78 is 30.3. The van der Waals surface area contributed by atoms with Gasteiger partial charge in [0, 0.05) is 29.2 Å². The Balaban J connectivity index is 2.65. The molecular formula is C13H21ClN2O3S. The first kappa shape index (κ1) is 17.2. The van der Waals surface area contributed by atoms with Gasteiger partial charge in [-0.05, 0) is 26.0 Å². The first-order valence-electron chi connectivity index (χ1n) is 6.16. The van der Waals surface area contributed by atoms with Crippen molar-refractivity contribution in [3.8, 4) is 5.75 Å². The number of rotatable bonds is 7. The molecule has 0 radical (unpaired) electrons. The van der Waals surface area contributed by atoms with Crippen molar-refractivity contribution in [2.75, 3.05) is 19.9 Å². The van der Waals surface area contributed by atoms with Gasteiger partial charge in [0.1, 0.15) is 5.75 Å². The summed E-state index contributed by atoms with van der Waals surface area (Å²) in [6, 6.07) is 5.45. The van der Waals surface area contributed by atoms with Gasteiger partial charge in [-0.2, -0.15) is 0 Å². The smallest absolute Gasteiger partial charge is 0.209 e. The fourth-order valence-electron chi connectivity index (χ4n) is 1.94. The zero-order valence-corrected chi connectivity index (χ0v) is 13.7. The van der Waals surface area contributed by atoms with Gasteiger partial charge in [0.2, 0.25) is 10.0 Å². The number of sulfonamides is 1. The van der Waals surface area contributed by atoms with Crippen molar-refractivity contribution in [2.24, 2.45) is 0 Å². The Kier molecular flexibility index (Phi) is 5.82. The topological polar surface area (TPSA) is 67.4 Å². The largest absolute Gasteiger partial charge is 0.496 e. The molecular weight excluding hydrogens is 300 g/mol. The number of benzene rings is 1. The van der Waals surface area contributed by atoms with Crippen LogP contribution in [0.5, 0.6) is 5.75 Å². The first-order valence-corrected chi connectivity index (χ1v) is 8.42. The number of nitrogens with one attached hydrogen (secondary N) is 2. The molecule has 5 nitrogen and oxygen atoms in total. The maximum absolute atomic E-state index is 11.3. The van der Waals surface area contributed by atoms with E-state index in [1.807, 2.05) is 26.0 Å². The highest BCUT2D eigenvalue weighted by Gasteiger charge is 2.21. The van der Waals surface area contributed by atoms with E-state index in [2.05, 4.69) is 10.0 Å². The van der Waals surface area contributed by atoms with Gasteiger partial charge in [-0.25, -0.2) is 13.1 Å². The van der Waals surface area contributed by atoms with E-state index in [9.17, 15) is 8.42 Å². The lowest BCUT2D eigenvalue weighted by Gasteiger charge is -2.25. The van der Waals surface area contributed by atoms with Gasteiger partial charge in [-0.3, -0.25) is 0 Å². The second-order valence-corrected chi connectivity index (χ2v) is 7.44. The van der Waals surface area contributed by atoms with Crippen LogP contribution in [0.25, 0.3) is 0 Å². The minimum Gasteiger partial charge on any atom is -0.496 e. The molecule has 0 spiro atoms. The van der Waals surface area contributed by atoms with Gasteiger partial charge >= 0.3 is 0 Å². The van der Waals surface area contributed by atoms with Crippen molar-refractivity contribution < 1.29 is 13.2 Å². The SMILES string of the molecule is COc1cccc(Cl)c1CNCC(C)(C)NS(C)(=O)=O. The predicted molar refractivity (Wildman–Crippen MR) is 81.8 cm³/mol. The van der Waals surface area contributed by atoms with Gasteiger partial charge in [-0.1, -0.05) is 17.7 Å². The highest BCUT2D eigenvalue weighted by molar-refractivity contribution is 7.88. The molecule has 0 aliphatic heterocycles. The highest BCUT2D eigenvalue weighted by Crippen LogP contribution is 2.25. The van der Waals surface area contributed by atoms with Gasteiger partial charge in [0.25, 0.3) is 0 Å². The van der Waals surface area contributed by atoms with Crippen LogP contribution in [0.1, 0.15) is 19.4 Å². The maximum atomic E-state index is 11.3. The van der Waals surface area contributed by atoms with Gasteiger partial charge in [0.05, 0.1) is 13.4 Å². The third kappa shape index (κ3) is 5.66. The van der Waals surface area contributed by atoms with E-state index in [0.717, 1.165) is 11.8 Å². The average molecular weight is 321 g/mol. The monoisotopic (exact) mass is 320 g/mol. The zero-order valence-electron chi connectivity index (χ0n) is 12.2. The molecule has 1 aromatic carbocycles. The average Bonchev–Trinajstić information content (AvgIpc) is 2.27. The molecule has 1 aromatic rings. The number of hydrogen-bond donors (Lipinski definition) is 2. The second kappa shape index (κ2) is 6.76. The van der Waals surface area contributed by atoms with E-state index < -0.39 is 15.6 Å². The summed E-state index contributed by atoms with van der Waals surface area (Å²) in [5.41, 5.74) is 0.272. The Morgan fingerprint density at radius 2 is 2.00 bits per heavy atom. The zero-order chi connectivity index (χ0) is 15.4. The number of methoxy groups -OCH3 is 1. The molecule has 2 N–H and O–H groups in total. The first-order chi connectivity index (χ1) is 9.14. The molecule has 0 heterocycles. The molecule has 0 aromatic heterocycles. The Morgan fingerprint density at radius 3 is 2.55 bits per heavy atom. The number of ether oxygens (including phenoxy) is 1. The van der Waals surface area contributed by atoms with Crippen molar-refractivity contribution in [1.29, 1.82) is 0 Å². The summed E-state index contributed by atoms with van der Waals surface area (Å²) in [5.74, 6) is 0.707. The third-order valence-corrected chi connectivity index (χ3v) is 3.90. The summed E-state index contributed by atoms with van der Waals surface area (Å²) in [7, 11) is -1.65. The molecule has 0 atom stereocenters. The standard InChI is InChI=1S/C13H21ClN2O3S/c1-13(2,16-20(4,17)18)9-15-8-10-11(14)6-5-7-12(10)19-3/h5-7,15-16H,8-9H2,1-4H3. The summed E-state index contributed by atoms with van der Waals surface area (Å²) >= 11 is 6.13. The fraction of sp³-hybridized carbons (Fsp3) is 0.538. The van der Waals surface area contributed by atoms with Crippen LogP contribution in [0.4, 0.5) is 0 Å². The maximum Gasteiger partial charge on any atom is 0.209 e. The Labute approximate surface area is 125 Å². The Morgan fingerprint density at radius 1 is 1.35 bits per heavy atom. The fourth-order valence-corrected chi connectivity index (χ4v) is 3.25. The molecule has 0 aliphatic carbocycles. The summed E-state index contributed by atoms with van der Waals surface area (Å²) in [4.78, 5) is 0. The van der Waals surface area contributed by atoms with E-state index in [-0.39, 0.29) is 0 Å². The van der Waals surface area contributed by atoms with Crippen molar-refractivity contribution in [1.82, 2.24) is 10.0 Å². The van der Waals surface area contributed by atoms with Crippen molar-refractivity contribution in [2.45, 2.75) is 25.9 Å². The summed E-state index contributed by atoms with van der Waals surface area (Å²) in [5, 5.41) is 3.81. The molecule has 1 rings (SSSR count). The summed E-state index contributed by atoms with van der Waals surface area (Å²) in [6.45, 7) is 4.59. The third-order valence-electron chi connectivity index (χ3n) is 2.63.